The van der Waals surface area contributed by atoms with Crippen LogP contribution < -0.4 is 0 Å². The maximum absolute atomic E-state index is 4.12. The highest BCUT2D eigenvalue weighted by Crippen LogP contribution is 2.30. The van der Waals surface area contributed by atoms with Crippen LogP contribution in [0.5, 0.6) is 0 Å². The van der Waals surface area contributed by atoms with Gasteiger partial charge in [0.15, 0.2) is 0 Å². The fourth-order valence-corrected chi connectivity index (χ4v) is 2.24. The molecule has 1 aromatic heterocycles. The van der Waals surface area contributed by atoms with E-state index < -0.39 is 0 Å². The highest BCUT2D eigenvalue weighted by molar-refractivity contribution is 5.37. The number of benzene rings is 1. The minimum Gasteiger partial charge on any atom is -0.333 e. The van der Waals surface area contributed by atoms with E-state index in [-0.39, 0.29) is 10.8 Å². The summed E-state index contributed by atoms with van der Waals surface area (Å²) in [5, 5.41) is 0. The number of aromatic nitrogens is 2. The van der Waals surface area contributed by atoms with E-state index >= 15 is 0 Å². The number of hydrogen-bond acceptors (Lipinski definition) is 1. The summed E-state index contributed by atoms with van der Waals surface area (Å²) >= 11 is 0. The highest BCUT2D eigenvalue weighted by atomic mass is 15.0. The van der Waals surface area contributed by atoms with Crippen LogP contribution in [0.15, 0.2) is 36.9 Å². The van der Waals surface area contributed by atoms with Crippen molar-refractivity contribution in [1.82, 2.24) is 9.55 Å². The van der Waals surface area contributed by atoms with E-state index in [1.165, 1.54) is 16.7 Å². The zero-order valence-corrected chi connectivity index (χ0v) is 13.6. The van der Waals surface area contributed by atoms with Crippen LogP contribution in [0.25, 0.3) is 0 Å². The maximum Gasteiger partial charge on any atom is 0.0949 e. The summed E-state index contributed by atoms with van der Waals surface area (Å²) in [6.07, 6.45) is 5.72. The Bertz CT molecular complexity index is 534. The average Bonchev–Trinajstić information content (AvgIpc) is 2.79. The van der Waals surface area contributed by atoms with Gasteiger partial charge in [-0.25, -0.2) is 4.98 Å². The standard InChI is InChI=1S/C18H26N2/c1-17(2,3)15-9-14(12-20-8-7-19-13-20)10-16(11-15)18(4,5)6/h7-11,13H,12H2,1-6H3. The summed E-state index contributed by atoms with van der Waals surface area (Å²) < 4.78 is 2.12. The molecule has 1 aromatic carbocycles. The molecule has 0 atom stereocenters. The summed E-state index contributed by atoms with van der Waals surface area (Å²) in [6.45, 7) is 14.5. The molecule has 108 valence electrons. The van der Waals surface area contributed by atoms with Crippen LogP contribution >= 0.6 is 0 Å². The Kier molecular flexibility index (Phi) is 3.77. The smallest absolute Gasteiger partial charge is 0.0949 e. The lowest BCUT2D eigenvalue weighted by Gasteiger charge is -2.26. The molecule has 0 fully saturated rings. The van der Waals surface area contributed by atoms with Gasteiger partial charge in [0.25, 0.3) is 0 Å². The minimum absolute atomic E-state index is 0.172. The number of hydrogen-bond donors (Lipinski definition) is 0. The molecule has 0 radical (unpaired) electrons. The molecule has 0 saturated heterocycles. The second kappa shape index (κ2) is 5.08. The van der Waals surface area contributed by atoms with Crippen LogP contribution in [0.1, 0.15) is 58.2 Å². The largest absolute Gasteiger partial charge is 0.333 e. The molecule has 2 rings (SSSR count). The fourth-order valence-electron chi connectivity index (χ4n) is 2.24. The molecular formula is C18H26N2. The Labute approximate surface area is 122 Å². The summed E-state index contributed by atoms with van der Waals surface area (Å²) in [5.41, 5.74) is 4.50. The van der Waals surface area contributed by atoms with Crippen molar-refractivity contribution in [3.63, 3.8) is 0 Å². The molecule has 2 aromatic rings. The molecule has 2 nitrogen and oxygen atoms in total. The van der Waals surface area contributed by atoms with Crippen LogP contribution in [0.3, 0.4) is 0 Å². The molecule has 0 aliphatic carbocycles. The molecule has 0 amide bonds. The van der Waals surface area contributed by atoms with Crippen LogP contribution in [-0.4, -0.2) is 9.55 Å². The van der Waals surface area contributed by atoms with Crippen molar-refractivity contribution in [2.45, 2.75) is 58.9 Å². The van der Waals surface area contributed by atoms with Gasteiger partial charge in [-0.1, -0.05) is 59.7 Å². The van der Waals surface area contributed by atoms with Crippen molar-refractivity contribution in [2.75, 3.05) is 0 Å². The van der Waals surface area contributed by atoms with Gasteiger partial charge in [0.05, 0.1) is 6.33 Å². The summed E-state index contributed by atoms with van der Waals surface area (Å²) in [4.78, 5) is 4.12. The van der Waals surface area contributed by atoms with E-state index in [9.17, 15) is 0 Å². The van der Waals surface area contributed by atoms with E-state index in [1.54, 1.807) is 0 Å². The molecular weight excluding hydrogens is 244 g/mol. The number of nitrogens with zero attached hydrogens (tertiary/aromatic N) is 2. The van der Waals surface area contributed by atoms with E-state index in [1.807, 2.05) is 18.7 Å². The molecule has 0 bridgehead atoms. The van der Waals surface area contributed by atoms with Gasteiger partial charge in [0.2, 0.25) is 0 Å². The molecule has 0 unspecified atom stereocenters. The number of imidazole rings is 1. The first kappa shape index (κ1) is 14.8. The average molecular weight is 270 g/mol. The molecule has 0 spiro atoms. The first-order valence-corrected chi connectivity index (χ1v) is 7.27. The van der Waals surface area contributed by atoms with Gasteiger partial charge in [0, 0.05) is 18.9 Å². The molecule has 0 aliphatic heterocycles. The normalized spacial score (nSPS) is 12.7. The lowest BCUT2D eigenvalue weighted by Crippen LogP contribution is -2.17. The van der Waals surface area contributed by atoms with Gasteiger partial charge < -0.3 is 4.57 Å². The van der Waals surface area contributed by atoms with Crippen molar-refractivity contribution < 1.29 is 0 Å². The molecule has 2 heteroatoms. The molecule has 0 N–H and O–H groups in total. The van der Waals surface area contributed by atoms with Crippen LogP contribution in [0, 0.1) is 0 Å². The zero-order chi connectivity index (χ0) is 15.0. The van der Waals surface area contributed by atoms with E-state index in [2.05, 4.69) is 69.3 Å². The second-order valence-electron chi connectivity index (χ2n) is 7.65. The monoisotopic (exact) mass is 270 g/mol. The SMILES string of the molecule is CC(C)(C)c1cc(Cn2ccnc2)cc(C(C)(C)C)c1. The van der Waals surface area contributed by atoms with Crippen molar-refractivity contribution in [1.29, 1.82) is 0 Å². The molecule has 0 saturated carbocycles. The minimum atomic E-state index is 0.172. The van der Waals surface area contributed by atoms with Crippen LogP contribution in [-0.2, 0) is 17.4 Å². The van der Waals surface area contributed by atoms with Crippen LogP contribution in [0.2, 0.25) is 0 Å². The van der Waals surface area contributed by atoms with E-state index in [0.717, 1.165) is 6.54 Å². The predicted molar refractivity (Wildman–Crippen MR) is 85.2 cm³/mol. The first-order chi connectivity index (χ1) is 9.16. The van der Waals surface area contributed by atoms with Gasteiger partial charge in [-0.3, -0.25) is 0 Å². The third kappa shape index (κ3) is 3.50. The Balaban J connectivity index is 2.46. The van der Waals surface area contributed by atoms with Gasteiger partial charge in [-0.05, 0) is 27.5 Å². The first-order valence-electron chi connectivity index (χ1n) is 7.27. The fraction of sp³-hybridized carbons (Fsp3) is 0.500. The predicted octanol–water partition coefficient (Wildman–Crippen LogP) is 4.53. The van der Waals surface area contributed by atoms with Gasteiger partial charge >= 0.3 is 0 Å². The maximum atomic E-state index is 4.12. The Morgan fingerprint density at radius 3 is 1.85 bits per heavy atom. The third-order valence-corrected chi connectivity index (χ3v) is 3.65. The summed E-state index contributed by atoms with van der Waals surface area (Å²) in [7, 11) is 0. The van der Waals surface area contributed by atoms with Crippen molar-refractivity contribution in [3.8, 4) is 0 Å². The van der Waals surface area contributed by atoms with Gasteiger partial charge in [-0.15, -0.1) is 0 Å². The van der Waals surface area contributed by atoms with Crippen molar-refractivity contribution in [2.24, 2.45) is 0 Å². The molecule has 1 heterocycles. The van der Waals surface area contributed by atoms with Crippen molar-refractivity contribution in [3.05, 3.63) is 53.6 Å². The third-order valence-electron chi connectivity index (χ3n) is 3.65. The van der Waals surface area contributed by atoms with Crippen molar-refractivity contribution >= 4 is 0 Å². The Morgan fingerprint density at radius 1 is 0.900 bits per heavy atom. The molecule has 20 heavy (non-hydrogen) atoms. The number of rotatable bonds is 2. The topological polar surface area (TPSA) is 17.8 Å². The Morgan fingerprint density at radius 2 is 1.45 bits per heavy atom. The quantitative estimate of drug-likeness (QED) is 0.784. The lowest BCUT2D eigenvalue weighted by atomic mass is 9.79. The second-order valence-corrected chi connectivity index (χ2v) is 7.65. The van der Waals surface area contributed by atoms with Gasteiger partial charge in [-0.2, -0.15) is 0 Å². The van der Waals surface area contributed by atoms with Crippen LogP contribution in [0.4, 0.5) is 0 Å². The lowest BCUT2D eigenvalue weighted by molar-refractivity contribution is 0.566. The summed E-state index contributed by atoms with van der Waals surface area (Å²) in [6, 6.07) is 7.02. The highest BCUT2D eigenvalue weighted by Gasteiger charge is 2.20. The Hall–Kier alpha value is -1.57. The van der Waals surface area contributed by atoms with E-state index in [4.69, 9.17) is 0 Å². The molecule has 0 aliphatic rings. The van der Waals surface area contributed by atoms with Gasteiger partial charge in [0.1, 0.15) is 0 Å². The summed E-state index contributed by atoms with van der Waals surface area (Å²) in [5.74, 6) is 0. The zero-order valence-electron chi connectivity index (χ0n) is 13.6. The van der Waals surface area contributed by atoms with E-state index in [0.29, 0.717) is 0 Å².